The Bertz CT molecular complexity index is 1430. The average Bonchev–Trinajstić information content (AvgIpc) is 3.48. The van der Waals surface area contributed by atoms with Crippen molar-refractivity contribution in [1.29, 1.82) is 0 Å². The molecule has 0 aliphatic heterocycles. The van der Waals surface area contributed by atoms with Gasteiger partial charge in [0.05, 0.1) is 39.9 Å². The van der Waals surface area contributed by atoms with Crippen LogP contribution in [0.2, 0.25) is 0 Å². The molecule has 0 bridgehead atoms. The van der Waals surface area contributed by atoms with Crippen LogP contribution in [0.25, 0.3) is 0 Å². The Kier molecular flexibility index (Phi) is 66.6. The van der Waals surface area contributed by atoms with Crippen molar-refractivity contribution in [3.63, 3.8) is 0 Å². The van der Waals surface area contributed by atoms with Gasteiger partial charge in [-0.25, -0.2) is 0 Å². The standard InChI is InChI=1S/C76H151N2O6P/c1-6-8-10-12-14-16-18-20-22-24-26-28-30-32-34-36-37-38-39-40-41-42-44-46-48-50-52-54-56-58-60-62-64-66-68-70-76(80)77-74(73-84-85(81,82)83-72-71-78(3,4)5)75(79)69-67-65-63-61-59-57-55-53-51-49-47-45-43-35-33-31-29-27-25-23-21-19-17-15-13-11-9-7-2/h59,61,67,69,74-75,79H,6-58,60,62-66,68,70-73H2,1-5H3,(H-,77,80,81,82)/b61-59+,69-67+. The summed E-state index contributed by atoms with van der Waals surface area (Å²) in [6.45, 7) is 4.70. The molecule has 506 valence electrons. The molecule has 0 aromatic rings. The first kappa shape index (κ1) is 84.0. The lowest BCUT2D eigenvalue weighted by molar-refractivity contribution is -0.870. The van der Waals surface area contributed by atoms with Crippen LogP contribution in [-0.4, -0.2) is 68.5 Å². The van der Waals surface area contributed by atoms with Gasteiger partial charge in [-0.2, -0.15) is 0 Å². The summed E-state index contributed by atoms with van der Waals surface area (Å²) >= 11 is 0. The predicted octanol–water partition coefficient (Wildman–Crippen LogP) is 24.0. The Morgan fingerprint density at radius 3 is 0.953 bits per heavy atom. The normalized spacial score (nSPS) is 13.6. The van der Waals surface area contributed by atoms with Gasteiger partial charge in [-0.1, -0.05) is 391 Å². The number of nitrogens with one attached hydrogen (secondary N) is 1. The van der Waals surface area contributed by atoms with Gasteiger partial charge < -0.3 is 28.8 Å². The Labute approximate surface area is 532 Å². The fourth-order valence-corrected chi connectivity index (χ4v) is 12.7. The van der Waals surface area contributed by atoms with Crippen molar-refractivity contribution in [1.82, 2.24) is 5.32 Å². The third-order valence-electron chi connectivity index (χ3n) is 17.9. The number of amides is 1. The average molecular weight is 1220 g/mol. The second kappa shape index (κ2) is 67.4. The molecule has 0 rings (SSSR count). The van der Waals surface area contributed by atoms with E-state index in [2.05, 4.69) is 31.3 Å². The molecule has 0 radical (unpaired) electrons. The van der Waals surface area contributed by atoms with Gasteiger partial charge in [-0.15, -0.1) is 0 Å². The summed E-state index contributed by atoms with van der Waals surface area (Å²) in [6, 6.07) is -0.902. The first-order chi connectivity index (χ1) is 41.5. The minimum absolute atomic E-state index is 0.00331. The molecule has 0 saturated heterocycles. The van der Waals surface area contributed by atoms with Crippen LogP contribution >= 0.6 is 7.82 Å². The fourth-order valence-electron chi connectivity index (χ4n) is 12.0. The van der Waals surface area contributed by atoms with Crippen molar-refractivity contribution >= 4 is 13.7 Å². The van der Waals surface area contributed by atoms with Gasteiger partial charge in [-0.05, 0) is 32.1 Å². The molecule has 0 aromatic heterocycles. The van der Waals surface area contributed by atoms with Crippen molar-refractivity contribution in [2.24, 2.45) is 0 Å². The lowest BCUT2D eigenvalue weighted by Crippen LogP contribution is -2.45. The van der Waals surface area contributed by atoms with Crippen LogP contribution in [0.5, 0.6) is 0 Å². The smallest absolute Gasteiger partial charge is 0.268 e. The SMILES string of the molecule is CCCCCCCCCCCCCCCCCCCCCCCC/C=C/CC/C=C/C(O)C(COP(=O)([O-])OCC[N+](C)(C)C)NC(=O)CCCCCCCCCCCCCCCCCCCCCCCCCCCCCCCCCCCCC. The van der Waals surface area contributed by atoms with Crippen LogP contribution in [0.3, 0.4) is 0 Å². The minimum atomic E-state index is -4.61. The van der Waals surface area contributed by atoms with Gasteiger partial charge in [0.1, 0.15) is 13.2 Å². The van der Waals surface area contributed by atoms with Crippen LogP contribution in [-0.2, 0) is 18.4 Å². The number of hydrogen-bond donors (Lipinski definition) is 2. The molecule has 9 heteroatoms. The number of unbranched alkanes of at least 4 members (excludes halogenated alkanes) is 57. The number of allylic oxidation sites excluding steroid dienone is 3. The number of nitrogens with zero attached hydrogens (tertiary/aromatic N) is 1. The van der Waals surface area contributed by atoms with E-state index < -0.39 is 20.0 Å². The van der Waals surface area contributed by atoms with Gasteiger partial charge in [0.25, 0.3) is 7.82 Å². The Morgan fingerprint density at radius 1 is 0.400 bits per heavy atom. The molecule has 0 aromatic carbocycles. The van der Waals surface area contributed by atoms with Crippen LogP contribution < -0.4 is 10.2 Å². The highest BCUT2D eigenvalue weighted by molar-refractivity contribution is 7.45. The predicted molar refractivity (Wildman–Crippen MR) is 372 cm³/mol. The van der Waals surface area contributed by atoms with Crippen molar-refractivity contribution in [2.45, 2.75) is 418 Å². The number of aliphatic hydroxyl groups excluding tert-OH is 1. The Morgan fingerprint density at radius 2 is 0.659 bits per heavy atom. The largest absolute Gasteiger partial charge is 0.756 e. The molecule has 8 nitrogen and oxygen atoms in total. The van der Waals surface area contributed by atoms with Gasteiger partial charge in [0.2, 0.25) is 5.91 Å². The third kappa shape index (κ3) is 70.3. The van der Waals surface area contributed by atoms with Gasteiger partial charge in [-0.3, -0.25) is 9.36 Å². The summed E-state index contributed by atoms with van der Waals surface area (Å²) in [6.07, 6.45) is 89.2. The maximum absolute atomic E-state index is 13.1. The van der Waals surface area contributed by atoms with Crippen molar-refractivity contribution in [2.75, 3.05) is 40.9 Å². The van der Waals surface area contributed by atoms with E-state index >= 15 is 0 Å². The molecule has 2 N–H and O–H groups in total. The number of phosphoric ester groups is 1. The highest BCUT2D eigenvalue weighted by Gasteiger charge is 2.23. The minimum Gasteiger partial charge on any atom is -0.756 e. The van der Waals surface area contributed by atoms with Crippen LogP contribution in [0.1, 0.15) is 406 Å². The monoisotopic (exact) mass is 1220 g/mol. The topological polar surface area (TPSA) is 108 Å². The molecule has 1 amide bonds. The number of likely N-dealkylation sites (N-methyl/N-ethyl adjacent to an activating group) is 1. The third-order valence-corrected chi connectivity index (χ3v) is 18.9. The van der Waals surface area contributed by atoms with E-state index in [0.29, 0.717) is 17.4 Å². The van der Waals surface area contributed by atoms with Gasteiger partial charge in [0.15, 0.2) is 0 Å². The summed E-state index contributed by atoms with van der Waals surface area (Å²) in [5.41, 5.74) is 0. The van der Waals surface area contributed by atoms with Crippen molar-refractivity contribution < 1.29 is 32.9 Å². The molecular formula is C76H151N2O6P. The van der Waals surface area contributed by atoms with Crippen molar-refractivity contribution in [3.05, 3.63) is 24.3 Å². The summed E-state index contributed by atoms with van der Waals surface area (Å²) in [7, 11) is 1.27. The fraction of sp³-hybridized carbons (Fsp3) is 0.934. The van der Waals surface area contributed by atoms with E-state index in [9.17, 15) is 19.4 Å². The first-order valence-corrected chi connectivity index (χ1v) is 39.7. The molecule has 0 aliphatic carbocycles. The maximum atomic E-state index is 13.1. The zero-order valence-electron chi connectivity index (χ0n) is 58.1. The second-order valence-electron chi connectivity index (χ2n) is 27.7. The Hall–Kier alpha value is -1.02. The molecule has 0 heterocycles. The van der Waals surface area contributed by atoms with E-state index in [4.69, 9.17) is 9.05 Å². The summed E-state index contributed by atoms with van der Waals surface area (Å²) < 4.78 is 23.5. The number of hydrogen-bond acceptors (Lipinski definition) is 6. The van der Waals surface area contributed by atoms with Crippen LogP contribution in [0.4, 0.5) is 0 Å². The van der Waals surface area contributed by atoms with Crippen molar-refractivity contribution in [3.8, 4) is 0 Å². The number of carbonyl (C=O) groups excluding carboxylic acids is 1. The number of quaternary nitrogens is 1. The molecule has 3 unspecified atom stereocenters. The summed E-state index contributed by atoms with van der Waals surface area (Å²) in [5.74, 6) is -0.197. The van der Waals surface area contributed by atoms with Gasteiger partial charge >= 0.3 is 0 Å². The molecule has 3 atom stereocenters. The molecule has 85 heavy (non-hydrogen) atoms. The van der Waals surface area contributed by atoms with Crippen LogP contribution in [0, 0.1) is 0 Å². The molecule has 0 saturated carbocycles. The quantitative estimate of drug-likeness (QED) is 0.0272. The van der Waals surface area contributed by atoms with E-state index in [0.717, 1.165) is 38.5 Å². The zero-order valence-corrected chi connectivity index (χ0v) is 59.0. The van der Waals surface area contributed by atoms with E-state index in [1.54, 1.807) is 6.08 Å². The maximum Gasteiger partial charge on any atom is 0.268 e. The summed E-state index contributed by atoms with van der Waals surface area (Å²) in [4.78, 5) is 25.7. The first-order valence-electron chi connectivity index (χ1n) is 38.2. The molecule has 0 spiro atoms. The molecular weight excluding hydrogens is 1070 g/mol. The van der Waals surface area contributed by atoms with Gasteiger partial charge in [0, 0.05) is 6.42 Å². The van der Waals surface area contributed by atoms with Crippen LogP contribution in [0.15, 0.2) is 24.3 Å². The number of aliphatic hydroxyl groups is 1. The van der Waals surface area contributed by atoms with E-state index in [1.165, 1.54) is 347 Å². The number of phosphoric acid groups is 1. The highest BCUT2D eigenvalue weighted by atomic mass is 31.2. The van der Waals surface area contributed by atoms with E-state index in [1.807, 2.05) is 27.2 Å². The lowest BCUT2D eigenvalue weighted by atomic mass is 10.0. The second-order valence-corrected chi connectivity index (χ2v) is 29.1. The summed E-state index contributed by atoms with van der Waals surface area (Å²) in [5, 5.41) is 14.0. The lowest BCUT2D eigenvalue weighted by Gasteiger charge is -2.29. The molecule has 0 fully saturated rings. The number of rotatable bonds is 72. The highest BCUT2D eigenvalue weighted by Crippen LogP contribution is 2.38. The zero-order chi connectivity index (χ0) is 61.9. The Balaban J connectivity index is 3.98. The molecule has 0 aliphatic rings. The van der Waals surface area contributed by atoms with E-state index in [-0.39, 0.29) is 19.1 Å². The number of carbonyl (C=O) groups is 1.